The maximum Gasteiger partial charge on any atom is 0.167 e. The second-order valence-electron chi connectivity index (χ2n) is 4.79. The minimum Gasteiger partial charge on any atom is -0.365 e. The predicted molar refractivity (Wildman–Crippen MR) is 55.6 cm³/mol. The van der Waals surface area contributed by atoms with Crippen LogP contribution in [0.5, 0.6) is 0 Å². The lowest BCUT2D eigenvalue weighted by Crippen LogP contribution is -2.42. The standard InChI is InChI=1S/C11H24O2/c1-6-7-8-9-13-11(5,12)10(2,3)4/h12H,6-9H2,1-5H3. The molecule has 0 radical (unpaired) electrons. The number of rotatable bonds is 5. The third-order valence-electron chi connectivity index (χ3n) is 2.52. The topological polar surface area (TPSA) is 29.5 Å². The van der Waals surface area contributed by atoms with Gasteiger partial charge in [-0.05, 0) is 13.3 Å². The molecule has 1 N–H and O–H groups in total. The van der Waals surface area contributed by atoms with Gasteiger partial charge in [0.15, 0.2) is 5.79 Å². The number of aliphatic hydroxyl groups is 1. The van der Waals surface area contributed by atoms with Crippen LogP contribution in [0.15, 0.2) is 0 Å². The second kappa shape index (κ2) is 4.97. The summed E-state index contributed by atoms with van der Waals surface area (Å²) in [6, 6.07) is 0. The van der Waals surface area contributed by atoms with E-state index in [4.69, 9.17) is 4.74 Å². The summed E-state index contributed by atoms with van der Waals surface area (Å²) in [5.74, 6) is -1.01. The molecule has 0 aliphatic heterocycles. The van der Waals surface area contributed by atoms with E-state index >= 15 is 0 Å². The van der Waals surface area contributed by atoms with E-state index in [0.29, 0.717) is 6.61 Å². The van der Waals surface area contributed by atoms with Crippen molar-refractivity contribution in [3.63, 3.8) is 0 Å². The van der Waals surface area contributed by atoms with Gasteiger partial charge >= 0.3 is 0 Å². The van der Waals surface area contributed by atoms with E-state index < -0.39 is 5.79 Å². The van der Waals surface area contributed by atoms with E-state index in [9.17, 15) is 5.11 Å². The van der Waals surface area contributed by atoms with E-state index in [1.807, 2.05) is 20.8 Å². The summed E-state index contributed by atoms with van der Waals surface area (Å²) >= 11 is 0. The second-order valence-corrected chi connectivity index (χ2v) is 4.79. The summed E-state index contributed by atoms with van der Waals surface area (Å²) in [5, 5.41) is 9.93. The van der Waals surface area contributed by atoms with Crippen molar-refractivity contribution in [3.8, 4) is 0 Å². The molecule has 1 unspecified atom stereocenters. The maximum atomic E-state index is 9.93. The summed E-state index contributed by atoms with van der Waals surface area (Å²) in [7, 11) is 0. The van der Waals surface area contributed by atoms with Gasteiger partial charge in [-0.25, -0.2) is 0 Å². The maximum absolute atomic E-state index is 9.93. The first-order valence-corrected chi connectivity index (χ1v) is 5.17. The molecule has 0 bridgehead atoms. The van der Waals surface area contributed by atoms with Gasteiger partial charge in [0, 0.05) is 5.41 Å². The summed E-state index contributed by atoms with van der Waals surface area (Å²) in [6.45, 7) is 10.5. The molecule has 0 spiro atoms. The Bertz CT molecular complexity index is 134. The van der Waals surface area contributed by atoms with Crippen LogP contribution >= 0.6 is 0 Å². The lowest BCUT2D eigenvalue weighted by molar-refractivity contribution is -0.248. The van der Waals surface area contributed by atoms with Crippen molar-refractivity contribution in [2.75, 3.05) is 6.61 Å². The molecular formula is C11H24O2. The van der Waals surface area contributed by atoms with Gasteiger partial charge in [0.05, 0.1) is 6.61 Å². The first-order valence-electron chi connectivity index (χ1n) is 5.17. The number of hydrogen-bond acceptors (Lipinski definition) is 2. The molecule has 13 heavy (non-hydrogen) atoms. The third-order valence-corrected chi connectivity index (χ3v) is 2.52. The molecule has 0 saturated carbocycles. The normalized spacial score (nSPS) is 17.1. The van der Waals surface area contributed by atoms with Gasteiger partial charge in [0.25, 0.3) is 0 Å². The smallest absolute Gasteiger partial charge is 0.167 e. The van der Waals surface area contributed by atoms with Gasteiger partial charge in [-0.1, -0.05) is 40.5 Å². The summed E-state index contributed by atoms with van der Waals surface area (Å²) in [5.41, 5.74) is -0.223. The van der Waals surface area contributed by atoms with Crippen LogP contribution in [-0.2, 0) is 4.74 Å². The number of hydrogen-bond donors (Lipinski definition) is 1. The molecule has 2 nitrogen and oxygen atoms in total. The zero-order chi connectivity index (χ0) is 10.5. The number of unbranched alkanes of at least 4 members (excludes halogenated alkanes) is 2. The first-order chi connectivity index (χ1) is 5.81. The molecular weight excluding hydrogens is 164 g/mol. The Morgan fingerprint density at radius 3 is 2.00 bits per heavy atom. The Morgan fingerprint density at radius 1 is 1.08 bits per heavy atom. The van der Waals surface area contributed by atoms with Gasteiger partial charge in [-0.2, -0.15) is 0 Å². The molecule has 1 atom stereocenters. The van der Waals surface area contributed by atoms with Crippen LogP contribution < -0.4 is 0 Å². The van der Waals surface area contributed by atoms with E-state index in [2.05, 4.69) is 6.92 Å². The average molecular weight is 188 g/mol. The fourth-order valence-electron chi connectivity index (χ4n) is 0.839. The van der Waals surface area contributed by atoms with Crippen molar-refractivity contribution in [1.82, 2.24) is 0 Å². The minimum atomic E-state index is -1.01. The summed E-state index contributed by atoms with van der Waals surface area (Å²) in [6.07, 6.45) is 3.38. The van der Waals surface area contributed by atoms with E-state index in [-0.39, 0.29) is 5.41 Å². The monoisotopic (exact) mass is 188 g/mol. The van der Waals surface area contributed by atoms with Crippen LogP contribution in [0.1, 0.15) is 53.9 Å². The molecule has 0 rings (SSSR count). The summed E-state index contributed by atoms with van der Waals surface area (Å²) in [4.78, 5) is 0. The van der Waals surface area contributed by atoms with Crippen LogP contribution in [-0.4, -0.2) is 17.5 Å². The SMILES string of the molecule is CCCCCOC(C)(O)C(C)(C)C. The highest BCUT2D eigenvalue weighted by Gasteiger charge is 2.35. The lowest BCUT2D eigenvalue weighted by Gasteiger charge is -2.36. The van der Waals surface area contributed by atoms with Crippen molar-refractivity contribution in [1.29, 1.82) is 0 Å². The van der Waals surface area contributed by atoms with Gasteiger partial charge < -0.3 is 9.84 Å². The van der Waals surface area contributed by atoms with Gasteiger partial charge in [0.2, 0.25) is 0 Å². The average Bonchev–Trinajstić information content (AvgIpc) is 1.96. The molecule has 0 heterocycles. The molecule has 0 amide bonds. The molecule has 0 aromatic carbocycles. The molecule has 2 heteroatoms. The zero-order valence-electron chi connectivity index (χ0n) is 9.68. The molecule has 0 aliphatic carbocycles. The van der Waals surface area contributed by atoms with E-state index in [1.165, 1.54) is 12.8 Å². The minimum absolute atomic E-state index is 0.223. The quantitative estimate of drug-likeness (QED) is 0.531. The Kier molecular flexibility index (Phi) is 4.93. The van der Waals surface area contributed by atoms with Crippen molar-refractivity contribution >= 4 is 0 Å². The van der Waals surface area contributed by atoms with Crippen LogP contribution in [0.4, 0.5) is 0 Å². The van der Waals surface area contributed by atoms with Crippen LogP contribution in [0.2, 0.25) is 0 Å². The molecule has 0 fully saturated rings. The van der Waals surface area contributed by atoms with E-state index in [1.54, 1.807) is 6.92 Å². The van der Waals surface area contributed by atoms with Crippen molar-refractivity contribution in [2.45, 2.75) is 59.7 Å². The highest BCUT2D eigenvalue weighted by Crippen LogP contribution is 2.30. The lowest BCUT2D eigenvalue weighted by atomic mass is 9.87. The van der Waals surface area contributed by atoms with Gasteiger partial charge in [-0.15, -0.1) is 0 Å². The Hall–Kier alpha value is -0.0800. The van der Waals surface area contributed by atoms with Crippen molar-refractivity contribution in [2.24, 2.45) is 5.41 Å². The Labute approximate surface area is 82.3 Å². The Balaban J connectivity index is 3.77. The molecule has 0 saturated heterocycles. The van der Waals surface area contributed by atoms with Crippen LogP contribution in [0.3, 0.4) is 0 Å². The van der Waals surface area contributed by atoms with Crippen molar-refractivity contribution in [3.05, 3.63) is 0 Å². The van der Waals surface area contributed by atoms with Gasteiger partial charge in [0.1, 0.15) is 0 Å². The van der Waals surface area contributed by atoms with Crippen LogP contribution in [0, 0.1) is 5.41 Å². The zero-order valence-corrected chi connectivity index (χ0v) is 9.68. The summed E-state index contributed by atoms with van der Waals surface area (Å²) < 4.78 is 5.45. The van der Waals surface area contributed by atoms with Crippen LogP contribution in [0.25, 0.3) is 0 Å². The first kappa shape index (κ1) is 12.9. The fourth-order valence-corrected chi connectivity index (χ4v) is 0.839. The number of ether oxygens (including phenoxy) is 1. The fraction of sp³-hybridized carbons (Fsp3) is 1.00. The highest BCUT2D eigenvalue weighted by atomic mass is 16.6. The molecule has 0 aromatic heterocycles. The van der Waals surface area contributed by atoms with Crippen molar-refractivity contribution < 1.29 is 9.84 Å². The van der Waals surface area contributed by atoms with E-state index in [0.717, 1.165) is 6.42 Å². The highest BCUT2D eigenvalue weighted by molar-refractivity contribution is 4.77. The molecule has 0 aromatic rings. The molecule has 80 valence electrons. The Morgan fingerprint density at radius 2 is 1.62 bits per heavy atom. The predicted octanol–water partition coefficient (Wildman–Crippen LogP) is 2.95. The van der Waals surface area contributed by atoms with Gasteiger partial charge in [-0.3, -0.25) is 0 Å². The molecule has 0 aliphatic rings. The third kappa shape index (κ3) is 4.63. The largest absolute Gasteiger partial charge is 0.365 e.